The van der Waals surface area contributed by atoms with E-state index < -0.39 is 17.4 Å². The van der Waals surface area contributed by atoms with Gasteiger partial charge in [-0.05, 0) is 23.6 Å². The minimum Gasteiger partial charge on any atom is -0.352 e. The fourth-order valence-electron chi connectivity index (χ4n) is 4.58. The van der Waals surface area contributed by atoms with Crippen molar-refractivity contribution in [2.24, 2.45) is 5.92 Å². The maximum atomic E-state index is 13.4. The summed E-state index contributed by atoms with van der Waals surface area (Å²) in [6.45, 7) is 5.98. The van der Waals surface area contributed by atoms with E-state index in [1.807, 2.05) is 4.90 Å². The number of hydrogen-bond donors (Lipinski definition) is 0. The van der Waals surface area contributed by atoms with E-state index in [2.05, 4.69) is 18.7 Å². The van der Waals surface area contributed by atoms with E-state index in [4.69, 9.17) is 4.74 Å². The van der Waals surface area contributed by atoms with Gasteiger partial charge in [-0.3, -0.25) is 9.69 Å². The minimum absolute atomic E-state index is 0.0416. The van der Waals surface area contributed by atoms with Crippen molar-refractivity contribution < 1.29 is 18.3 Å². The predicted octanol–water partition coefficient (Wildman–Crippen LogP) is 2.52. The fraction of sp³-hybridized carbons (Fsp3) is 0.611. The molecule has 3 atom stereocenters. The SMILES string of the molecule is CC(C)[C@@H]1CO[C@@]23CCN(Cc4cc(F)cc(F)c4)[C@@H]2CC(=O)N13. The van der Waals surface area contributed by atoms with Crippen LogP contribution in [0, 0.1) is 17.6 Å². The fourth-order valence-corrected chi connectivity index (χ4v) is 4.58. The third-order valence-electron chi connectivity index (χ3n) is 5.68. The zero-order valence-electron chi connectivity index (χ0n) is 14.0. The van der Waals surface area contributed by atoms with Crippen molar-refractivity contribution in [3.8, 4) is 0 Å². The van der Waals surface area contributed by atoms with E-state index in [9.17, 15) is 13.6 Å². The summed E-state index contributed by atoms with van der Waals surface area (Å²) < 4.78 is 33.0. The molecule has 0 bridgehead atoms. The highest BCUT2D eigenvalue weighted by molar-refractivity contribution is 5.82. The molecule has 3 aliphatic rings. The zero-order valence-corrected chi connectivity index (χ0v) is 14.0. The molecule has 24 heavy (non-hydrogen) atoms. The molecule has 0 radical (unpaired) electrons. The van der Waals surface area contributed by atoms with Crippen molar-refractivity contribution >= 4 is 5.91 Å². The van der Waals surface area contributed by atoms with Crippen molar-refractivity contribution in [2.75, 3.05) is 13.2 Å². The van der Waals surface area contributed by atoms with E-state index >= 15 is 0 Å². The summed E-state index contributed by atoms with van der Waals surface area (Å²) in [6, 6.07) is 3.67. The van der Waals surface area contributed by atoms with Gasteiger partial charge in [-0.15, -0.1) is 0 Å². The Labute approximate surface area is 140 Å². The number of nitrogens with zero attached hydrogens (tertiary/aromatic N) is 2. The van der Waals surface area contributed by atoms with Gasteiger partial charge < -0.3 is 9.64 Å². The Kier molecular flexibility index (Phi) is 3.65. The monoisotopic (exact) mass is 336 g/mol. The highest BCUT2D eigenvalue weighted by Gasteiger charge is 2.64. The number of carbonyl (C=O) groups excluding carboxylic acids is 1. The molecule has 3 fully saturated rings. The van der Waals surface area contributed by atoms with Gasteiger partial charge in [-0.25, -0.2) is 8.78 Å². The van der Waals surface area contributed by atoms with Crippen molar-refractivity contribution in [3.63, 3.8) is 0 Å². The van der Waals surface area contributed by atoms with Crippen LogP contribution in [0.25, 0.3) is 0 Å². The molecule has 1 aromatic rings. The van der Waals surface area contributed by atoms with Gasteiger partial charge in [0.05, 0.1) is 18.7 Å². The van der Waals surface area contributed by atoms with Gasteiger partial charge in [0.1, 0.15) is 11.6 Å². The zero-order chi connectivity index (χ0) is 17.1. The third kappa shape index (κ3) is 2.27. The van der Waals surface area contributed by atoms with Crippen LogP contribution >= 0.6 is 0 Å². The summed E-state index contributed by atoms with van der Waals surface area (Å²) in [5.74, 6) is -0.662. The number of likely N-dealkylation sites (tertiary alicyclic amines) is 1. The Morgan fingerprint density at radius 1 is 1.29 bits per heavy atom. The Balaban J connectivity index is 1.59. The smallest absolute Gasteiger partial charge is 0.226 e. The van der Waals surface area contributed by atoms with Gasteiger partial charge >= 0.3 is 0 Å². The summed E-state index contributed by atoms with van der Waals surface area (Å²) >= 11 is 0. The molecule has 0 unspecified atom stereocenters. The first-order valence-corrected chi connectivity index (χ1v) is 8.56. The van der Waals surface area contributed by atoms with Crippen LogP contribution in [0.5, 0.6) is 0 Å². The second-order valence-electron chi connectivity index (χ2n) is 7.45. The minimum atomic E-state index is -0.569. The first kappa shape index (κ1) is 16.0. The Bertz CT molecular complexity index is 661. The molecule has 0 aromatic heterocycles. The second-order valence-corrected chi connectivity index (χ2v) is 7.45. The summed E-state index contributed by atoms with van der Waals surface area (Å²) in [7, 11) is 0. The normalized spacial score (nSPS) is 32.7. The van der Waals surface area contributed by atoms with E-state index in [1.165, 1.54) is 12.1 Å². The van der Waals surface area contributed by atoms with Crippen molar-refractivity contribution in [1.82, 2.24) is 9.80 Å². The molecule has 0 N–H and O–H groups in total. The van der Waals surface area contributed by atoms with Crippen LogP contribution in [0.4, 0.5) is 8.78 Å². The molecule has 3 aliphatic heterocycles. The quantitative estimate of drug-likeness (QED) is 0.850. The summed E-state index contributed by atoms with van der Waals surface area (Å²) in [5, 5.41) is 0. The summed E-state index contributed by atoms with van der Waals surface area (Å²) in [5.41, 5.74) is 0.0478. The van der Waals surface area contributed by atoms with Crippen LogP contribution in [0.2, 0.25) is 0 Å². The Hall–Kier alpha value is -1.53. The van der Waals surface area contributed by atoms with Crippen LogP contribution in [0.1, 0.15) is 32.3 Å². The predicted molar refractivity (Wildman–Crippen MR) is 83.9 cm³/mol. The number of ether oxygens (including phenoxy) is 1. The number of rotatable bonds is 3. The van der Waals surface area contributed by atoms with E-state index in [-0.39, 0.29) is 18.0 Å². The van der Waals surface area contributed by atoms with Gasteiger partial charge in [0.2, 0.25) is 5.91 Å². The highest BCUT2D eigenvalue weighted by atomic mass is 19.1. The molecule has 4 rings (SSSR count). The number of benzene rings is 1. The van der Waals surface area contributed by atoms with Gasteiger partial charge in [-0.1, -0.05) is 13.8 Å². The number of hydrogen-bond acceptors (Lipinski definition) is 3. The lowest BCUT2D eigenvalue weighted by Gasteiger charge is -2.34. The lowest BCUT2D eigenvalue weighted by atomic mass is 10.0. The molecule has 3 saturated heterocycles. The van der Waals surface area contributed by atoms with Crippen LogP contribution in [0.15, 0.2) is 18.2 Å². The number of halogens is 2. The second kappa shape index (κ2) is 5.49. The number of amides is 1. The molecule has 1 amide bonds. The van der Waals surface area contributed by atoms with Crippen LogP contribution < -0.4 is 0 Å². The van der Waals surface area contributed by atoms with Gasteiger partial charge in [0.15, 0.2) is 5.72 Å². The van der Waals surface area contributed by atoms with Crippen LogP contribution in [0.3, 0.4) is 0 Å². The maximum Gasteiger partial charge on any atom is 0.226 e. The topological polar surface area (TPSA) is 32.8 Å². The van der Waals surface area contributed by atoms with Gasteiger partial charge in [0, 0.05) is 32.0 Å². The molecule has 3 heterocycles. The molecule has 0 saturated carbocycles. The molecule has 6 heteroatoms. The van der Waals surface area contributed by atoms with Gasteiger partial charge in [-0.2, -0.15) is 0 Å². The lowest BCUT2D eigenvalue weighted by molar-refractivity contribution is -0.139. The first-order chi connectivity index (χ1) is 11.4. The third-order valence-corrected chi connectivity index (χ3v) is 5.68. The standard InChI is InChI=1S/C18H22F2N2O2/c1-11(2)15-10-24-18-3-4-21(16(18)8-17(23)22(15)18)9-12-5-13(19)7-14(20)6-12/h5-7,11,15-16H,3-4,8-10H2,1-2H3/t15-,16+,18-/m0/s1. The van der Waals surface area contributed by atoms with Crippen molar-refractivity contribution in [3.05, 3.63) is 35.4 Å². The van der Waals surface area contributed by atoms with E-state index in [0.29, 0.717) is 31.1 Å². The number of carbonyl (C=O) groups is 1. The molecular formula is C18H22F2N2O2. The van der Waals surface area contributed by atoms with Crippen LogP contribution in [-0.4, -0.2) is 46.7 Å². The van der Waals surface area contributed by atoms with Crippen molar-refractivity contribution in [1.29, 1.82) is 0 Å². The van der Waals surface area contributed by atoms with E-state index in [0.717, 1.165) is 19.0 Å². The Morgan fingerprint density at radius 3 is 2.67 bits per heavy atom. The first-order valence-electron chi connectivity index (χ1n) is 8.56. The van der Waals surface area contributed by atoms with Crippen molar-refractivity contribution in [2.45, 2.75) is 51.0 Å². The molecule has 1 aromatic carbocycles. The summed E-state index contributed by atoms with van der Waals surface area (Å²) in [4.78, 5) is 16.7. The maximum absolute atomic E-state index is 13.4. The average molecular weight is 336 g/mol. The van der Waals surface area contributed by atoms with Gasteiger partial charge in [0.25, 0.3) is 0 Å². The summed E-state index contributed by atoms with van der Waals surface area (Å²) in [6.07, 6.45) is 1.17. The van der Waals surface area contributed by atoms with E-state index in [1.54, 1.807) is 0 Å². The molecule has 4 nitrogen and oxygen atoms in total. The molecule has 0 aliphatic carbocycles. The largest absolute Gasteiger partial charge is 0.352 e. The molecule has 130 valence electrons. The average Bonchev–Trinajstić information content (AvgIpc) is 3.09. The molecule has 1 spiro atoms. The molecular weight excluding hydrogens is 314 g/mol. The van der Waals surface area contributed by atoms with Crippen LogP contribution in [-0.2, 0) is 16.1 Å². The lowest BCUT2D eigenvalue weighted by Crippen LogP contribution is -2.50. The Morgan fingerprint density at radius 2 is 2.00 bits per heavy atom. The highest BCUT2D eigenvalue weighted by Crippen LogP contribution is 2.49.